The Kier molecular flexibility index (Phi) is 4.70. The molecule has 5 heteroatoms. The van der Waals surface area contributed by atoms with Gasteiger partial charge in [0.15, 0.2) is 9.84 Å². The van der Waals surface area contributed by atoms with Crippen molar-refractivity contribution >= 4 is 9.84 Å². The van der Waals surface area contributed by atoms with Crippen molar-refractivity contribution in [3.8, 4) is 6.07 Å². The van der Waals surface area contributed by atoms with Gasteiger partial charge in [0.1, 0.15) is 0 Å². The fourth-order valence-electron chi connectivity index (χ4n) is 2.52. The maximum absolute atomic E-state index is 12.2. The third kappa shape index (κ3) is 3.84. The van der Waals surface area contributed by atoms with Crippen LogP contribution in [0.1, 0.15) is 32.3 Å². The molecule has 0 aliphatic heterocycles. The smallest absolute Gasteiger partial charge is 0.179 e. The lowest BCUT2D eigenvalue weighted by Crippen LogP contribution is -2.31. The molecular formula is C16H22N2O2S. The molecule has 0 spiro atoms. The average Bonchev–Trinajstić information content (AvgIpc) is 3.25. The van der Waals surface area contributed by atoms with Crippen LogP contribution in [0.5, 0.6) is 0 Å². The molecule has 1 aromatic rings. The van der Waals surface area contributed by atoms with Crippen LogP contribution in [-0.4, -0.2) is 27.3 Å². The molecule has 1 aromatic carbocycles. The molecule has 0 saturated heterocycles. The molecule has 114 valence electrons. The van der Waals surface area contributed by atoms with Crippen molar-refractivity contribution in [2.45, 2.75) is 31.6 Å². The zero-order chi connectivity index (χ0) is 15.5. The van der Waals surface area contributed by atoms with Gasteiger partial charge in [0.05, 0.1) is 22.3 Å². The quantitative estimate of drug-likeness (QED) is 0.785. The van der Waals surface area contributed by atoms with Gasteiger partial charge in [0.2, 0.25) is 0 Å². The van der Waals surface area contributed by atoms with Gasteiger partial charge in [-0.25, -0.2) is 8.42 Å². The second-order valence-electron chi connectivity index (χ2n) is 6.15. The fourth-order valence-corrected chi connectivity index (χ4v) is 3.72. The van der Waals surface area contributed by atoms with Crippen LogP contribution in [0.25, 0.3) is 0 Å². The summed E-state index contributed by atoms with van der Waals surface area (Å²) >= 11 is 0. The van der Waals surface area contributed by atoms with Crippen molar-refractivity contribution in [3.05, 3.63) is 29.8 Å². The highest BCUT2D eigenvalue weighted by molar-refractivity contribution is 7.91. The van der Waals surface area contributed by atoms with Crippen LogP contribution in [0, 0.1) is 22.7 Å². The summed E-state index contributed by atoms with van der Waals surface area (Å²) in [6.45, 7) is 5.81. The summed E-state index contributed by atoms with van der Waals surface area (Å²) in [5.74, 6) is 0.729. The van der Waals surface area contributed by atoms with Crippen LogP contribution in [0.2, 0.25) is 0 Å². The minimum Gasteiger partial charge on any atom is -0.315 e. The van der Waals surface area contributed by atoms with E-state index >= 15 is 0 Å². The van der Waals surface area contributed by atoms with Crippen LogP contribution in [0.3, 0.4) is 0 Å². The Morgan fingerprint density at radius 2 is 1.90 bits per heavy atom. The molecule has 0 bridgehead atoms. The number of benzene rings is 1. The van der Waals surface area contributed by atoms with Crippen molar-refractivity contribution < 1.29 is 8.42 Å². The molecule has 1 N–H and O–H groups in total. The Bertz CT molecular complexity index is 623. The Balaban J connectivity index is 1.85. The van der Waals surface area contributed by atoms with E-state index in [4.69, 9.17) is 5.26 Å². The Labute approximate surface area is 127 Å². The lowest BCUT2D eigenvalue weighted by Gasteiger charge is -2.20. The molecule has 4 nitrogen and oxygen atoms in total. The SMILES string of the molecule is CC(C)C1(CNCCS(=O)(=O)c2ccc(C#N)cc2)CC1. The molecule has 0 heterocycles. The van der Waals surface area contributed by atoms with Crippen LogP contribution in [0.4, 0.5) is 0 Å². The monoisotopic (exact) mass is 306 g/mol. The molecule has 1 saturated carbocycles. The van der Waals surface area contributed by atoms with Gasteiger partial charge in [0.25, 0.3) is 0 Å². The first-order chi connectivity index (χ1) is 9.89. The van der Waals surface area contributed by atoms with E-state index in [0.717, 1.165) is 6.54 Å². The van der Waals surface area contributed by atoms with Gasteiger partial charge in [-0.1, -0.05) is 13.8 Å². The molecule has 0 radical (unpaired) electrons. The van der Waals surface area contributed by atoms with Gasteiger partial charge in [-0.3, -0.25) is 0 Å². The Morgan fingerprint density at radius 1 is 1.29 bits per heavy atom. The molecule has 1 aliphatic rings. The number of nitriles is 1. The van der Waals surface area contributed by atoms with Crippen LogP contribution < -0.4 is 5.32 Å². The number of nitrogens with one attached hydrogen (secondary N) is 1. The number of nitrogens with zero attached hydrogens (tertiary/aromatic N) is 1. The van der Waals surface area contributed by atoms with Gasteiger partial charge in [-0.15, -0.1) is 0 Å². The summed E-state index contributed by atoms with van der Waals surface area (Å²) in [6, 6.07) is 8.07. The van der Waals surface area contributed by atoms with E-state index in [2.05, 4.69) is 19.2 Å². The maximum Gasteiger partial charge on any atom is 0.179 e. The van der Waals surface area contributed by atoms with E-state index in [9.17, 15) is 8.42 Å². The van der Waals surface area contributed by atoms with Crippen LogP contribution >= 0.6 is 0 Å². The lowest BCUT2D eigenvalue weighted by atomic mass is 9.92. The first kappa shape index (κ1) is 16.0. The highest BCUT2D eigenvalue weighted by Gasteiger charge is 2.44. The second-order valence-corrected chi connectivity index (χ2v) is 8.26. The maximum atomic E-state index is 12.2. The number of hydrogen-bond donors (Lipinski definition) is 1. The molecule has 0 aromatic heterocycles. The topological polar surface area (TPSA) is 70.0 Å². The van der Waals surface area contributed by atoms with Gasteiger partial charge >= 0.3 is 0 Å². The van der Waals surface area contributed by atoms with Gasteiger partial charge < -0.3 is 5.32 Å². The van der Waals surface area contributed by atoms with Crippen molar-refractivity contribution in [1.82, 2.24) is 5.32 Å². The van der Waals surface area contributed by atoms with Crippen molar-refractivity contribution in [2.24, 2.45) is 11.3 Å². The van der Waals surface area contributed by atoms with E-state index < -0.39 is 9.84 Å². The van der Waals surface area contributed by atoms with Gasteiger partial charge in [0, 0.05) is 13.1 Å². The minimum atomic E-state index is -3.27. The molecular weight excluding hydrogens is 284 g/mol. The van der Waals surface area contributed by atoms with Crippen LogP contribution in [-0.2, 0) is 9.84 Å². The van der Waals surface area contributed by atoms with E-state index in [1.54, 1.807) is 0 Å². The number of sulfone groups is 1. The van der Waals surface area contributed by atoms with Gasteiger partial charge in [-0.2, -0.15) is 5.26 Å². The minimum absolute atomic E-state index is 0.0904. The van der Waals surface area contributed by atoms with Crippen molar-refractivity contribution in [2.75, 3.05) is 18.8 Å². The highest BCUT2D eigenvalue weighted by Crippen LogP contribution is 2.51. The molecule has 0 unspecified atom stereocenters. The predicted molar refractivity (Wildman–Crippen MR) is 82.6 cm³/mol. The first-order valence-electron chi connectivity index (χ1n) is 7.33. The van der Waals surface area contributed by atoms with Crippen LogP contribution in [0.15, 0.2) is 29.2 Å². The molecule has 1 fully saturated rings. The highest BCUT2D eigenvalue weighted by atomic mass is 32.2. The largest absolute Gasteiger partial charge is 0.315 e. The molecule has 2 rings (SSSR count). The summed E-state index contributed by atoms with van der Waals surface area (Å²) in [5, 5.41) is 12.0. The zero-order valence-electron chi connectivity index (χ0n) is 12.6. The number of rotatable bonds is 7. The molecule has 21 heavy (non-hydrogen) atoms. The van der Waals surface area contributed by atoms with E-state index in [1.165, 1.54) is 37.1 Å². The third-order valence-electron chi connectivity index (χ3n) is 4.48. The molecule has 0 atom stereocenters. The Hall–Kier alpha value is -1.38. The second kappa shape index (κ2) is 6.17. The van der Waals surface area contributed by atoms with Crippen molar-refractivity contribution in [1.29, 1.82) is 5.26 Å². The summed E-state index contributed by atoms with van der Waals surface area (Å²) in [4.78, 5) is 0.285. The summed E-state index contributed by atoms with van der Waals surface area (Å²) in [7, 11) is -3.27. The average molecular weight is 306 g/mol. The predicted octanol–water partition coefficient (Wildman–Crippen LogP) is 2.36. The normalized spacial score (nSPS) is 16.7. The van der Waals surface area contributed by atoms with E-state index in [-0.39, 0.29) is 10.6 Å². The molecule has 0 amide bonds. The zero-order valence-corrected chi connectivity index (χ0v) is 13.4. The summed E-state index contributed by atoms with van der Waals surface area (Å²) in [6.07, 6.45) is 2.47. The lowest BCUT2D eigenvalue weighted by molar-refractivity contribution is 0.341. The number of hydrogen-bond acceptors (Lipinski definition) is 4. The summed E-state index contributed by atoms with van der Waals surface area (Å²) in [5.41, 5.74) is 0.859. The first-order valence-corrected chi connectivity index (χ1v) is 8.98. The fraction of sp³-hybridized carbons (Fsp3) is 0.562. The summed E-state index contributed by atoms with van der Waals surface area (Å²) < 4.78 is 24.4. The molecule has 1 aliphatic carbocycles. The van der Waals surface area contributed by atoms with E-state index in [0.29, 0.717) is 23.4 Å². The van der Waals surface area contributed by atoms with Crippen molar-refractivity contribution in [3.63, 3.8) is 0 Å². The Morgan fingerprint density at radius 3 is 2.38 bits per heavy atom. The standard InChI is InChI=1S/C16H22N2O2S/c1-13(2)16(7-8-16)12-18-9-10-21(19,20)15-5-3-14(11-17)4-6-15/h3-6,13,18H,7-10,12H2,1-2H3. The van der Waals surface area contributed by atoms with Gasteiger partial charge in [-0.05, 0) is 48.4 Å². The third-order valence-corrected chi connectivity index (χ3v) is 6.22. The van der Waals surface area contributed by atoms with E-state index in [1.807, 2.05) is 6.07 Å².